The molecule has 0 saturated carbocycles. The molecule has 0 bridgehead atoms. The summed E-state index contributed by atoms with van der Waals surface area (Å²) in [6.07, 6.45) is 0. The van der Waals surface area contributed by atoms with Crippen molar-refractivity contribution in [3.8, 4) is 0 Å². The van der Waals surface area contributed by atoms with Gasteiger partial charge in [-0.2, -0.15) is 0 Å². The zero-order valence-corrected chi connectivity index (χ0v) is 13.4. The molecule has 0 aliphatic heterocycles. The second-order valence-electron chi connectivity index (χ2n) is 5.40. The van der Waals surface area contributed by atoms with Crippen LogP contribution in [0.3, 0.4) is 0 Å². The summed E-state index contributed by atoms with van der Waals surface area (Å²) < 4.78 is 0. The van der Waals surface area contributed by atoms with Crippen molar-refractivity contribution < 1.29 is 4.79 Å². The number of nitrogens with zero attached hydrogens (tertiary/aromatic N) is 1. The Labute approximate surface area is 131 Å². The molecular weight excluding hydrogens is 282 g/mol. The smallest absolute Gasteiger partial charge is 0.176 e. The third kappa shape index (κ3) is 3.93. The molecule has 0 heterocycles. The minimum absolute atomic E-state index is 0.0908. The Hall–Kier alpha value is -1.64. The van der Waals surface area contributed by atoms with Gasteiger partial charge in [0.1, 0.15) is 0 Å². The van der Waals surface area contributed by atoms with Gasteiger partial charge in [0.25, 0.3) is 0 Å². The Kier molecular flexibility index (Phi) is 5.16. The van der Waals surface area contributed by atoms with Crippen LogP contribution in [0.4, 0.5) is 0 Å². The SMILES string of the molecule is Cc1ccc(C(=O)CN(C)C(C)c2ccccc2Cl)cc1. The topological polar surface area (TPSA) is 20.3 Å². The maximum absolute atomic E-state index is 12.3. The predicted molar refractivity (Wildman–Crippen MR) is 88.0 cm³/mol. The van der Waals surface area contributed by atoms with Crippen LogP contribution in [0.1, 0.15) is 34.5 Å². The quantitative estimate of drug-likeness (QED) is 0.757. The van der Waals surface area contributed by atoms with E-state index in [9.17, 15) is 4.79 Å². The fourth-order valence-electron chi connectivity index (χ4n) is 2.25. The van der Waals surface area contributed by atoms with E-state index in [0.29, 0.717) is 6.54 Å². The van der Waals surface area contributed by atoms with Crippen LogP contribution in [0.5, 0.6) is 0 Å². The second-order valence-corrected chi connectivity index (χ2v) is 5.81. The molecule has 0 fully saturated rings. The van der Waals surface area contributed by atoms with E-state index in [1.165, 1.54) is 0 Å². The Balaban J connectivity index is 2.07. The second kappa shape index (κ2) is 6.88. The van der Waals surface area contributed by atoms with Crippen LogP contribution in [0.25, 0.3) is 0 Å². The summed E-state index contributed by atoms with van der Waals surface area (Å²) in [6, 6.07) is 15.5. The van der Waals surface area contributed by atoms with Crippen LogP contribution in [0.15, 0.2) is 48.5 Å². The molecule has 3 heteroatoms. The minimum atomic E-state index is 0.0908. The molecule has 0 N–H and O–H groups in total. The summed E-state index contributed by atoms with van der Waals surface area (Å²) in [5.74, 6) is 0.122. The molecule has 0 amide bonds. The Morgan fingerprint density at radius 2 is 1.76 bits per heavy atom. The average molecular weight is 302 g/mol. The van der Waals surface area contributed by atoms with Gasteiger partial charge in [-0.3, -0.25) is 9.69 Å². The van der Waals surface area contributed by atoms with Gasteiger partial charge >= 0.3 is 0 Å². The lowest BCUT2D eigenvalue weighted by Crippen LogP contribution is -2.29. The van der Waals surface area contributed by atoms with Crippen molar-refractivity contribution in [3.63, 3.8) is 0 Å². The lowest BCUT2D eigenvalue weighted by Gasteiger charge is -2.25. The summed E-state index contributed by atoms with van der Waals surface area (Å²) >= 11 is 6.22. The summed E-state index contributed by atoms with van der Waals surface area (Å²) in [6.45, 7) is 4.44. The Morgan fingerprint density at radius 1 is 1.14 bits per heavy atom. The molecule has 0 aliphatic rings. The van der Waals surface area contributed by atoms with E-state index in [2.05, 4.69) is 6.92 Å². The summed E-state index contributed by atoms with van der Waals surface area (Å²) in [7, 11) is 1.94. The minimum Gasteiger partial charge on any atom is -0.293 e. The zero-order valence-electron chi connectivity index (χ0n) is 12.6. The van der Waals surface area contributed by atoms with Crippen molar-refractivity contribution in [1.29, 1.82) is 0 Å². The highest BCUT2D eigenvalue weighted by atomic mass is 35.5. The van der Waals surface area contributed by atoms with Gasteiger partial charge in [-0.15, -0.1) is 0 Å². The van der Waals surface area contributed by atoms with Gasteiger partial charge in [-0.25, -0.2) is 0 Å². The van der Waals surface area contributed by atoms with Crippen LogP contribution >= 0.6 is 11.6 Å². The third-order valence-electron chi connectivity index (χ3n) is 3.78. The van der Waals surface area contributed by atoms with Gasteiger partial charge in [0.05, 0.1) is 6.54 Å². The first kappa shape index (κ1) is 15.7. The van der Waals surface area contributed by atoms with E-state index >= 15 is 0 Å². The highest BCUT2D eigenvalue weighted by Gasteiger charge is 2.17. The molecular formula is C18H20ClNO. The monoisotopic (exact) mass is 301 g/mol. The standard InChI is InChI=1S/C18H20ClNO/c1-13-8-10-15(11-9-13)18(21)12-20(3)14(2)16-6-4-5-7-17(16)19/h4-11,14H,12H2,1-3H3. The zero-order chi connectivity index (χ0) is 15.4. The van der Waals surface area contributed by atoms with Crippen LogP contribution in [0.2, 0.25) is 5.02 Å². The summed E-state index contributed by atoms with van der Waals surface area (Å²) in [5.41, 5.74) is 2.95. The first-order valence-corrected chi connectivity index (χ1v) is 7.41. The predicted octanol–water partition coefficient (Wildman–Crippen LogP) is 4.52. The van der Waals surface area contributed by atoms with Crippen molar-refractivity contribution in [3.05, 3.63) is 70.2 Å². The van der Waals surface area contributed by atoms with Crippen molar-refractivity contribution >= 4 is 17.4 Å². The van der Waals surface area contributed by atoms with E-state index in [1.54, 1.807) is 0 Å². The molecule has 1 unspecified atom stereocenters. The highest BCUT2D eigenvalue weighted by Crippen LogP contribution is 2.26. The molecule has 2 nitrogen and oxygen atoms in total. The van der Waals surface area contributed by atoms with Gasteiger partial charge in [0.2, 0.25) is 0 Å². The molecule has 0 saturated heterocycles. The largest absolute Gasteiger partial charge is 0.293 e. The number of carbonyl (C=O) groups is 1. The summed E-state index contributed by atoms with van der Waals surface area (Å²) in [4.78, 5) is 14.3. The van der Waals surface area contributed by atoms with Gasteiger partial charge in [0.15, 0.2) is 5.78 Å². The normalized spacial score (nSPS) is 12.4. The maximum atomic E-state index is 12.3. The molecule has 2 aromatic rings. The number of ketones is 1. The number of likely N-dealkylation sites (N-methyl/N-ethyl adjacent to an activating group) is 1. The number of benzene rings is 2. The molecule has 21 heavy (non-hydrogen) atoms. The van der Waals surface area contributed by atoms with E-state index in [0.717, 1.165) is 21.7 Å². The first-order valence-electron chi connectivity index (χ1n) is 7.03. The van der Waals surface area contributed by atoms with Crippen LogP contribution in [0, 0.1) is 6.92 Å². The Morgan fingerprint density at radius 3 is 2.38 bits per heavy atom. The molecule has 0 radical (unpaired) electrons. The fraction of sp³-hybridized carbons (Fsp3) is 0.278. The number of hydrogen-bond acceptors (Lipinski definition) is 2. The van der Waals surface area contributed by atoms with Crippen molar-refractivity contribution in [2.75, 3.05) is 13.6 Å². The van der Waals surface area contributed by atoms with Gasteiger partial charge in [0, 0.05) is 16.6 Å². The van der Waals surface area contributed by atoms with Crippen LogP contribution in [-0.4, -0.2) is 24.3 Å². The van der Waals surface area contributed by atoms with Crippen LogP contribution < -0.4 is 0 Å². The molecule has 0 aromatic heterocycles. The first-order chi connectivity index (χ1) is 9.99. The highest BCUT2D eigenvalue weighted by molar-refractivity contribution is 6.31. The number of halogens is 1. The molecule has 110 valence electrons. The Bertz CT molecular complexity index is 621. The lowest BCUT2D eigenvalue weighted by molar-refractivity contribution is 0.0925. The lowest BCUT2D eigenvalue weighted by atomic mass is 10.1. The van der Waals surface area contributed by atoms with Gasteiger partial charge < -0.3 is 0 Å². The van der Waals surface area contributed by atoms with E-state index in [-0.39, 0.29) is 11.8 Å². The average Bonchev–Trinajstić information content (AvgIpc) is 2.47. The number of aryl methyl sites for hydroxylation is 1. The molecule has 0 aliphatic carbocycles. The van der Waals surface area contributed by atoms with E-state index in [4.69, 9.17) is 11.6 Å². The van der Waals surface area contributed by atoms with Gasteiger partial charge in [-0.05, 0) is 32.5 Å². The number of rotatable bonds is 5. The fourth-order valence-corrected chi connectivity index (χ4v) is 2.54. The molecule has 1 atom stereocenters. The third-order valence-corrected chi connectivity index (χ3v) is 4.13. The molecule has 2 rings (SSSR count). The number of Topliss-reactive ketones (excluding diaryl/α,β-unsaturated/α-hetero) is 1. The van der Waals surface area contributed by atoms with E-state index < -0.39 is 0 Å². The number of hydrogen-bond donors (Lipinski definition) is 0. The van der Waals surface area contributed by atoms with Crippen molar-refractivity contribution in [2.24, 2.45) is 0 Å². The number of carbonyl (C=O) groups excluding carboxylic acids is 1. The van der Waals surface area contributed by atoms with Crippen molar-refractivity contribution in [2.45, 2.75) is 19.9 Å². The van der Waals surface area contributed by atoms with Crippen molar-refractivity contribution in [1.82, 2.24) is 4.90 Å². The molecule has 0 spiro atoms. The van der Waals surface area contributed by atoms with Gasteiger partial charge in [-0.1, -0.05) is 59.6 Å². The van der Waals surface area contributed by atoms with E-state index in [1.807, 2.05) is 67.4 Å². The molecule has 2 aromatic carbocycles. The summed E-state index contributed by atoms with van der Waals surface area (Å²) in [5, 5.41) is 0.736. The maximum Gasteiger partial charge on any atom is 0.176 e. The van der Waals surface area contributed by atoms with Crippen LogP contribution in [-0.2, 0) is 0 Å².